The average Bonchev–Trinajstić information content (AvgIpc) is 3.21. The van der Waals surface area contributed by atoms with Gasteiger partial charge in [-0.3, -0.25) is 14.7 Å². The largest absolute Gasteiger partial charge is 0.495 e. The highest BCUT2D eigenvalue weighted by Crippen LogP contribution is 2.40. The van der Waals surface area contributed by atoms with E-state index in [4.69, 9.17) is 37.7 Å². The molecule has 0 saturated heterocycles. The number of rotatable bonds is 6. The predicted molar refractivity (Wildman–Crippen MR) is 124 cm³/mol. The summed E-state index contributed by atoms with van der Waals surface area (Å²) in [4.78, 5) is 24.1. The van der Waals surface area contributed by atoms with Gasteiger partial charge in [0.1, 0.15) is 21.7 Å². The standard InChI is InChI=1S/C22H17Cl2N3O3S/c1-29-17-6-7-18(30-2)20-19(17)26-22(31-20)27(12-16-5-3-4-8-25-16)21(28)13-9-14(23)11-15(24)10-13/h3-11H,12H2,1-2H3. The lowest BCUT2D eigenvalue weighted by molar-refractivity contribution is 0.0985. The van der Waals surface area contributed by atoms with Crippen LogP contribution < -0.4 is 14.4 Å². The highest BCUT2D eigenvalue weighted by atomic mass is 35.5. The number of pyridine rings is 1. The smallest absolute Gasteiger partial charge is 0.260 e. The molecular weight excluding hydrogens is 457 g/mol. The fraction of sp³-hybridized carbons (Fsp3) is 0.136. The van der Waals surface area contributed by atoms with Crippen molar-refractivity contribution in [2.24, 2.45) is 0 Å². The number of hydrogen-bond donors (Lipinski definition) is 0. The zero-order valence-corrected chi connectivity index (χ0v) is 19.0. The van der Waals surface area contributed by atoms with Gasteiger partial charge in [0.25, 0.3) is 5.91 Å². The van der Waals surface area contributed by atoms with Crippen LogP contribution in [0.5, 0.6) is 11.5 Å². The predicted octanol–water partition coefficient (Wildman–Crippen LogP) is 5.86. The molecule has 31 heavy (non-hydrogen) atoms. The lowest BCUT2D eigenvalue weighted by Gasteiger charge is -2.20. The quantitative estimate of drug-likeness (QED) is 0.350. The summed E-state index contributed by atoms with van der Waals surface area (Å²) in [6.45, 7) is 0.217. The zero-order valence-electron chi connectivity index (χ0n) is 16.6. The maximum Gasteiger partial charge on any atom is 0.260 e. The van der Waals surface area contributed by atoms with Crippen LogP contribution in [0.15, 0.2) is 54.7 Å². The summed E-state index contributed by atoms with van der Waals surface area (Å²) >= 11 is 13.6. The van der Waals surface area contributed by atoms with E-state index >= 15 is 0 Å². The SMILES string of the molecule is COc1ccc(OC)c2sc(N(Cc3ccccn3)C(=O)c3cc(Cl)cc(Cl)c3)nc12. The first kappa shape index (κ1) is 21.4. The molecule has 0 radical (unpaired) electrons. The Morgan fingerprint density at radius 2 is 1.74 bits per heavy atom. The summed E-state index contributed by atoms with van der Waals surface area (Å²) in [6.07, 6.45) is 1.68. The number of fused-ring (bicyclic) bond motifs is 1. The van der Waals surface area contributed by atoms with Gasteiger partial charge in [-0.1, -0.05) is 40.6 Å². The number of methoxy groups -OCH3 is 2. The first-order valence-corrected chi connectivity index (χ1v) is 10.8. The number of benzene rings is 2. The minimum absolute atomic E-state index is 0.217. The van der Waals surface area contributed by atoms with E-state index in [1.807, 2.05) is 24.3 Å². The lowest BCUT2D eigenvalue weighted by atomic mass is 10.2. The second-order valence-corrected chi connectivity index (χ2v) is 8.37. The Balaban J connectivity index is 1.85. The van der Waals surface area contributed by atoms with Crippen LogP contribution in [-0.2, 0) is 6.54 Å². The van der Waals surface area contributed by atoms with Crippen LogP contribution in [0.4, 0.5) is 5.13 Å². The number of thiazole rings is 1. The molecule has 0 unspecified atom stereocenters. The lowest BCUT2D eigenvalue weighted by Crippen LogP contribution is -2.30. The minimum atomic E-state index is -0.299. The van der Waals surface area contributed by atoms with Crippen LogP contribution in [0.2, 0.25) is 10.0 Å². The van der Waals surface area contributed by atoms with Crippen molar-refractivity contribution >= 4 is 55.8 Å². The number of anilines is 1. The molecule has 4 rings (SSSR count). The molecule has 1 amide bonds. The Hall–Kier alpha value is -2.87. The first-order chi connectivity index (χ1) is 15.0. The number of carbonyl (C=O) groups is 1. The maximum atomic E-state index is 13.5. The van der Waals surface area contributed by atoms with Crippen LogP contribution in [0, 0.1) is 0 Å². The molecule has 158 valence electrons. The van der Waals surface area contributed by atoms with E-state index in [1.54, 1.807) is 49.6 Å². The molecule has 0 atom stereocenters. The van der Waals surface area contributed by atoms with Crippen molar-refractivity contribution in [3.8, 4) is 11.5 Å². The molecule has 0 aliphatic rings. The van der Waals surface area contributed by atoms with Crippen molar-refractivity contribution < 1.29 is 14.3 Å². The van der Waals surface area contributed by atoms with Crippen molar-refractivity contribution in [3.05, 3.63) is 76.0 Å². The van der Waals surface area contributed by atoms with E-state index in [0.717, 1.165) is 4.70 Å². The van der Waals surface area contributed by atoms with Gasteiger partial charge in [0, 0.05) is 21.8 Å². The third kappa shape index (κ3) is 4.44. The Bertz CT molecular complexity index is 1190. The highest BCUT2D eigenvalue weighted by Gasteiger charge is 2.25. The number of hydrogen-bond acceptors (Lipinski definition) is 6. The van der Waals surface area contributed by atoms with Crippen molar-refractivity contribution in [1.29, 1.82) is 0 Å². The van der Waals surface area contributed by atoms with Gasteiger partial charge in [-0.25, -0.2) is 4.98 Å². The monoisotopic (exact) mass is 473 g/mol. The Morgan fingerprint density at radius 3 is 2.39 bits per heavy atom. The molecule has 4 aromatic rings. The number of halogens is 2. The molecule has 0 spiro atoms. The number of nitrogens with zero attached hydrogens (tertiary/aromatic N) is 3. The zero-order chi connectivity index (χ0) is 22.0. The summed E-state index contributed by atoms with van der Waals surface area (Å²) in [6, 6.07) is 13.9. The fourth-order valence-electron chi connectivity index (χ4n) is 3.10. The molecule has 9 heteroatoms. The van der Waals surface area contributed by atoms with Crippen LogP contribution in [-0.4, -0.2) is 30.1 Å². The molecule has 0 bridgehead atoms. The van der Waals surface area contributed by atoms with E-state index in [1.165, 1.54) is 11.3 Å². The number of aromatic nitrogens is 2. The van der Waals surface area contributed by atoms with Gasteiger partial charge in [-0.2, -0.15) is 0 Å². The summed E-state index contributed by atoms with van der Waals surface area (Å²) < 4.78 is 11.7. The topological polar surface area (TPSA) is 64.6 Å². The van der Waals surface area contributed by atoms with Gasteiger partial charge in [0.05, 0.1) is 26.5 Å². The molecule has 0 fully saturated rings. The molecule has 0 aliphatic heterocycles. The van der Waals surface area contributed by atoms with Crippen molar-refractivity contribution in [2.75, 3.05) is 19.1 Å². The van der Waals surface area contributed by atoms with Gasteiger partial charge in [-0.05, 0) is 42.5 Å². The average molecular weight is 474 g/mol. The van der Waals surface area contributed by atoms with Crippen molar-refractivity contribution in [2.45, 2.75) is 6.54 Å². The number of carbonyl (C=O) groups excluding carboxylic acids is 1. The van der Waals surface area contributed by atoms with Gasteiger partial charge in [-0.15, -0.1) is 0 Å². The van der Waals surface area contributed by atoms with E-state index in [2.05, 4.69) is 4.98 Å². The summed E-state index contributed by atoms with van der Waals surface area (Å²) in [5, 5.41) is 1.23. The van der Waals surface area contributed by atoms with Gasteiger partial charge in [0.15, 0.2) is 5.13 Å². The third-order valence-electron chi connectivity index (χ3n) is 4.53. The van der Waals surface area contributed by atoms with E-state index in [9.17, 15) is 4.79 Å². The van der Waals surface area contributed by atoms with Crippen LogP contribution in [0.25, 0.3) is 10.2 Å². The van der Waals surface area contributed by atoms with Gasteiger partial charge in [0.2, 0.25) is 0 Å². The summed E-state index contributed by atoms with van der Waals surface area (Å²) in [5.41, 5.74) is 1.68. The van der Waals surface area contributed by atoms with E-state index < -0.39 is 0 Å². The minimum Gasteiger partial charge on any atom is -0.495 e. The fourth-order valence-corrected chi connectivity index (χ4v) is 4.70. The highest BCUT2D eigenvalue weighted by molar-refractivity contribution is 7.22. The molecule has 6 nitrogen and oxygen atoms in total. The Kier molecular flexibility index (Phi) is 6.27. The van der Waals surface area contributed by atoms with Gasteiger partial charge < -0.3 is 9.47 Å². The maximum absolute atomic E-state index is 13.5. The second-order valence-electron chi connectivity index (χ2n) is 6.51. The van der Waals surface area contributed by atoms with Crippen LogP contribution in [0.3, 0.4) is 0 Å². The molecule has 2 heterocycles. The van der Waals surface area contributed by atoms with Crippen molar-refractivity contribution in [3.63, 3.8) is 0 Å². The number of ether oxygens (including phenoxy) is 2. The van der Waals surface area contributed by atoms with Crippen LogP contribution in [0.1, 0.15) is 16.1 Å². The molecule has 0 saturated carbocycles. The summed E-state index contributed by atoms with van der Waals surface area (Å²) in [5.74, 6) is 0.942. The Labute approximate surface area is 193 Å². The molecule has 2 aromatic carbocycles. The van der Waals surface area contributed by atoms with Crippen LogP contribution >= 0.6 is 34.5 Å². The Morgan fingerprint density at radius 1 is 1.03 bits per heavy atom. The van der Waals surface area contributed by atoms with E-state index in [-0.39, 0.29) is 12.5 Å². The normalized spacial score (nSPS) is 10.8. The third-order valence-corrected chi connectivity index (χ3v) is 6.06. The van der Waals surface area contributed by atoms with Gasteiger partial charge >= 0.3 is 0 Å². The summed E-state index contributed by atoms with van der Waals surface area (Å²) in [7, 11) is 3.16. The number of amides is 1. The molecule has 0 aliphatic carbocycles. The van der Waals surface area contributed by atoms with Crippen molar-refractivity contribution in [1.82, 2.24) is 9.97 Å². The molecule has 2 aromatic heterocycles. The molecular formula is C22H17Cl2N3O3S. The van der Waals surface area contributed by atoms with E-state index in [0.29, 0.717) is 43.4 Å². The molecule has 0 N–H and O–H groups in total. The first-order valence-electron chi connectivity index (χ1n) is 9.19. The second kappa shape index (κ2) is 9.09.